The maximum absolute atomic E-state index is 13.4. The maximum atomic E-state index is 13.4. The summed E-state index contributed by atoms with van der Waals surface area (Å²) in [7, 11) is 0. The first-order valence-electron chi connectivity index (χ1n) is 17.0. The summed E-state index contributed by atoms with van der Waals surface area (Å²) in [6.45, 7) is 10.3. The van der Waals surface area contributed by atoms with Gasteiger partial charge in [-0.2, -0.15) is 0 Å². The number of hydrogen-bond acceptors (Lipinski definition) is 5. The monoisotopic (exact) mass is 580 g/mol. The molecule has 6 heteroatoms. The van der Waals surface area contributed by atoms with Crippen LogP contribution in [0.5, 0.6) is 0 Å². The number of benzene rings is 1. The molecule has 0 radical (unpaired) electrons. The molecule has 0 aromatic heterocycles. The molecule has 0 saturated heterocycles. The molecular formula is C36H56N2O4. The van der Waals surface area contributed by atoms with E-state index in [2.05, 4.69) is 26.1 Å². The molecule has 4 fully saturated rings. The van der Waals surface area contributed by atoms with Gasteiger partial charge in [-0.15, -0.1) is 0 Å². The highest BCUT2D eigenvalue weighted by Gasteiger charge is 2.62. The Morgan fingerprint density at radius 2 is 1.81 bits per heavy atom. The Balaban J connectivity index is 1.22. The third-order valence-corrected chi connectivity index (χ3v) is 12.7. The average Bonchev–Trinajstić information content (AvgIpc) is 3.33. The van der Waals surface area contributed by atoms with Gasteiger partial charge in [0.2, 0.25) is 5.91 Å². The first kappa shape index (κ1) is 31.5. The van der Waals surface area contributed by atoms with E-state index in [1.807, 2.05) is 30.3 Å². The summed E-state index contributed by atoms with van der Waals surface area (Å²) >= 11 is 0. The summed E-state index contributed by atoms with van der Waals surface area (Å²) in [6, 6.07) is 9.59. The Bertz CT molecular complexity index is 1060. The van der Waals surface area contributed by atoms with E-state index in [1.54, 1.807) is 0 Å². The third-order valence-electron chi connectivity index (χ3n) is 12.7. The summed E-state index contributed by atoms with van der Waals surface area (Å²) in [5.41, 5.74) is 8.00. The second kappa shape index (κ2) is 13.4. The van der Waals surface area contributed by atoms with E-state index < -0.39 is 6.04 Å². The topological polar surface area (TPSA) is 90.7 Å². The van der Waals surface area contributed by atoms with E-state index in [0.29, 0.717) is 36.4 Å². The van der Waals surface area contributed by atoms with Crippen molar-refractivity contribution in [3.8, 4) is 0 Å². The normalized spacial score (nSPS) is 37.1. The lowest BCUT2D eigenvalue weighted by molar-refractivity contribution is -0.141. The second-order valence-corrected chi connectivity index (χ2v) is 14.8. The summed E-state index contributed by atoms with van der Waals surface area (Å²) in [5, 5.41) is 3.49. The van der Waals surface area contributed by atoms with Crippen LogP contribution in [0, 0.1) is 46.3 Å². The predicted molar refractivity (Wildman–Crippen MR) is 166 cm³/mol. The number of carbonyl (C=O) groups is 2. The van der Waals surface area contributed by atoms with Gasteiger partial charge in [0.25, 0.3) is 0 Å². The Hall–Kier alpha value is -1.92. The molecule has 3 N–H and O–H groups in total. The quantitative estimate of drug-likeness (QED) is 0.226. The number of esters is 1. The molecule has 0 heterocycles. The van der Waals surface area contributed by atoms with E-state index in [0.717, 1.165) is 42.6 Å². The minimum Gasteiger partial charge on any atom is -0.466 e. The summed E-state index contributed by atoms with van der Waals surface area (Å²) in [5.74, 6) is 4.07. The number of nitrogens with one attached hydrogen (secondary N) is 1. The number of nitrogens with two attached hydrogens (primary N) is 1. The lowest BCUT2D eigenvalue weighted by Gasteiger charge is -2.63. The molecular weight excluding hydrogens is 524 g/mol. The molecule has 42 heavy (non-hydrogen) atoms. The number of fused-ring (bicyclic) bond motifs is 5. The molecule has 4 aliphatic carbocycles. The fourth-order valence-corrected chi connectivity index (χ4v) is 10.6. The molecule has 1 unspecified atom stereocenters. The standard InChI is InChI=1S/C36H56N2O4/c1-24(10-9-21-42-25(2)39)29-17-18-30-28-16-15-27-13-8-14-33(36(27,4)31(28)19-20-35(29,30)3)38-34(40)32(37)23-41-22-26-11-6-5-7-12-26/h5-7,11-12,24,27-33H,8-10,13-23,37H2,1-4H3,(H,38,40)/t24-,27+,28+,29-,30+,31+,32-,33?,35-,36+/m1/s1. The first-order valence-corrected chi connectivity index (χ1v) is 17.0. The van der Waals surface area contributed by atoms with E-state index in [-0.39, 0.29) is 29.9 Å². The summed E-state index contributed by atoms with van der Waals surface area (Å²) in [6.07, 6.45) is 13.5. The lowest BCUT2D eigenvalue weighted by Crippen LogP contribution is -2.63. The van der Waals surface area contributed by atoms with Crippen molar-refractivity contribution in [3.05, 3.63) is 35.9 Å². The van der Waals surface area contributed by atoms with Crippen molar-refractivity contribution in [1.82, 2.24) is 5.32 Å². The van der Waals surface area contributed by atoms with E-state index in [1.165, 1.54) is 58.3 Å². The van der Waals surface area contributed by atoms with Gasteiger partial charge < -0.3 is 20.5 Å². The Morgan fingerprint density at radius 1 is 1.02 bits per heavy atom. The molecule has 4 saturated carbocycles. The van der Waals surface area contributed by atoms with Crippen molar-refractivity contribution in [1.29, 1.82) is 0 Å². The minimum atomic E-state index is -0.648. The van der Waals surface area contributed by atoms with Crippen molar-refractivity contribution in [2.45, 2.75) is 117 Å². The average molecular weight is 581 g/mol. The van der Waals surface area contributed by atoms with Crippen LogP contribution in [-0.2, 0) is 25.7 Å². The zero-order valence-corrected chi connectivity index (χ0v) is 26.6. The van der Waals surface area contributed by atoms with Crippen LogP contribution in [0.2, 0.25) is 0 Å². The molecule has 234 valence electrons. The van der Waals surface area contributed by atoms with Crippen molar-refractivity contribution in [2.75, 3.05) is 13.2 Å². The first-order chi connectivity index (χ1) is 20.1. The van der Waals surface area contributed by atoms with E-state index in [9.17, 15) is 9.59 Å². The van der Waals surface area contributed by atoms with Gasteiger partial charge in [0.15, 0.2) is 0 Å². The molecule has 0 bridgehead atoms. The molecule has 1 aromatic rings. The van der Waals surface area contributed by atoms with E-state index in [4.69, 9.17) is 15.2 Å². The highest BCUT2D eigenvalue weighted by Crippen LogP contribution is 2.68. The molecule has 10 atom stereocenters. The molecule has 0 spiro atoms. The largest absolute Gasteiger partial charge is 0.466 e. The van der Waals surface area contributed by atoms with Gasteiger partial charge in [-0.3, -0.25) is 9.59 Å². The van der Waals surface area contributed by atoms with Gasteiger partial charge >= 0.3 is 5.97 Å². The van der Waals surface area contributed by atoms with Crippen LogP contribution < -0.4 is 11.1 Å². The lowest BCUT2D eigenvalue weighted by atomic mass is 9.43. The smallest absolute Gasteiger partial charge is 0.302 e. The van der Waals surface area contributed by atoms with Gasteiger partial charge in [-0.25, -0.2) is 0 Å². The van der Waals surface area contributed by atoms with Crippen LogP contribution in [0.4, 0.5) is 0 Å². The van der Waals surface area contributed by atoms with Crippen LogP contribution >= 0.6 is 0 Å². The Labute approximate surface area is 254 Å². The summed E-state index contributed by atoms with van der Waals surface area (Å²) in [4.78, 5) is 24.6. The van der Waals surface area contributed by atoms with Crippen LogP contribution in [-0.4, -0.2) is 37.2 Å². The number of rotatable bonds is 11. The zero-order chi connectivity index (χ0) is 29.9. The zero-order valence-electron chi connectivity index (χ0n) is 26.6. The minimum absolute atomic E-state index is 0.0544. The van der Waals surface area contributed by atoms with Crippen LogP contribution in [0.15, 0.2) is 30.3 Å². The number of ether oxygens (including phenoxy) is 2. The van der Waals surface area contributed by atoms with Gasteiger partial charge in [-0.05, 0) is 116 Å². The molecule has 1 aromatic carbocycles. The maximum Gasteiger partial charge on any atom is 0.302 e. The van der Waals surface area contributed by atoms with Crippen molar-refractivity contribution in [3.63, 3.8) is 0 Å². The second-order valence-electron chi connectivity index (χ2n) is 14.8. The van der Waals surface area contributed by atoms with Gasteiger partial charge in [-0.1, -0.05) is 57.5 Å². The van der Waals surface area contributed by atoms with Crippen molar-refractivity contribution in [2.24, 2.45) is 52.1 Å². The fourth-order valence-electron chi connectivity index (χ4n) is 10.6. The Kier molecular flexibility index (Phi) is 10.0. The molecule has 6 nitrogen and oxygen atoms in total. The highest BCUT2D eigenvalue weighted by atomic mass is 16.5. The van der Waals surface area contributed by atoms with Gasteiger partial charge in [0.1, 0.15) is 6.04 Å². The van der Waals surface area contributed by atoms with Crippen molar-refractivity contribution < 1.29 is 19.1 Å². The number of carbonyl (C=O) groups excluding carboxylic acids is 2. The fraction of sp³-hybridized carbons (Fsp3) is 0.778. The molecule has 0 aliphatic heterocycles. The summed E-state index contributed by atoms with van der Waals surface area (Å²) < 4.78 is 11.1. The molecule has 4 aliphatic rings. The van der Waals surface area contributed by atoms with Crippen LogP contribution in [0.3, 0.4) is 0 Å². The molecule has 1 amide bonds. The van der Waals surface area contributed by atoms with E-state index >= 15 is 0 Å². The SMILES string of the molecule is CC(=O)OCCC[C@@H](C)[C@H]1CC[C@H]2[C@@H]3CC[C@@H]4CCCC(NC(=O)[C@H](N)COCc5ccccc5)[C@]4(C)[C@H]3CC[C@]12C. The van der Waals surface area contributed by atoms with Gasteiger partial charge in [0.05, 0.1) is 19.8 Å². The number of amides is 1. The van der Waals surface area contributed by atoms with Crippen molar-refractivity contribution >= 4 is 11.9 Å². The number of hydrogen-bond donors (Lipinski definition) is 2. The molecule has 5 rings (SSSR count). The Morgan fingerprint density at radius 3 is 2.57 bits per heavy atom. The highest BCUT2D eigenvalue weighted by molar-refractivity contribution is 5.82. The van der Waals surface area contributed by atoms with Gasteiger partial charge in [0, 0.05) is 13.0 Å². The predicted octanol–water partition coefficient (Wildman–Crippen LogP) is 6.65. The van der Waals surface area contributed by atoms with Crippen LogP contribution in [0.1, 0.15) is 104 Å². The third kappa shape index (κ3) is 6.31. The van der Waals surface area contributed by atoms with Crippen LogP contribution in [0.25, 0.3) is 0 Å².